The van der Waals surface area contributed by atoms with Crippen molar-refractivity contribution in [2.24, 2.45) is 5.41 Å². The van der Waals surface area contributed by atoms with Crippen LogP contribution in [-0.4, -0.2) is 38.9 Å². The van der Waals surface area contributed by atoms with Gasteiger partial charge in [-0.15, -0.1) is 0 Å². The van der Waals surface area contributed by atoms with Crippen molar-refractivity contribution in [1.82, 2.24) is 9.62 Å². The quantitative estimate of drug-likeness (QED) is 0.925. The fourth-order valence-electron chi connectivity index (χ4n) is 3.45. The zero-order valence-corrected chi connectivity index (χ0v) is 12.8. The number of benzene rings is 1. The Balaban J connectivity index is 1.77. The molecular weight excluding hydrogens is 291 g/mol. The van der Waals surface area contributed by atoms with Crippen LogP contribution < -0.4 is 5.32 Å². The molecule has 0 amide bonds. The number of halogens is 1. The molecule has 3 rings (SSSR count). The molecule has 1 aromatic rings. The zero-order chi connectivity index (χ0) is 14.9. The molecule has 0 unspecified atom stereocenters. The second-order valence-electron chi connectivity index (χ2n) is 6.21. The molecule has 1 aromatic carbocycles. The maximum absolute atomic E-state index is 13.7. The van der Waals surface area contributed by atoms with E-state index in [0.717, 1.165) is 32.4 Å². The van der Waals surface area contributed by atoms with Gasteiger partial charge in [0, 0.05) is 25.2 Å². The molecule has 1 N–H and O–H groups in total. The Morgan fingerprint density at radius 1 is 1.29 bits per heavy atom. The molecular formula is C15H21FN2O2S. The molecule has 1 atom stereocenters. The summed E-state index contributed by atoms with van der Waals surface area (Å²) >= 11 is 0. The van der Waals surface area contributed by atoms with E-state index >= 15 is 0 Å². The molecule has 0 aliphatic carbocycles. The van der Waals surface area contributed by atoms with E-state index in [2.05, 4.69) is 5.32 Å². The zero-order valence-electron chi connectivity index (χ0n) is 12.0. The summed E-state index contributed by atoms with van der Waals surface area (Å²) in [6.45, 7) is 2.97. The van der Waals surface area contributed by atoms with E-state index in [1.54, 1.807) is 22.5 Å². The first-order valence-electron chi connectivity index (χ1n) is 7.43. The Kier molecular flexibility index (Phi) is 4.03. The number of nitrogens with zero attached hydrogens (tertiary/aromatic N) is 1. The number of hydrogen-bond donors (Lipinski definition) is 1. The van der Waals surface area contributed by atoms with Gasteiger partial charge in [0.25, 0.3) is 0 Å². The van der Waals surface area contributed by atoms with E-state index in [0.29, 0.717) is 13.1 Å². The van der Waals surface area contributed by atoms with Crippen LogP contribution in [0.1, 0.15) is 24.8 Å². The highest BCUT2D eigenvalue weighted by Crippen LogP contribution is 2.36. The standard InChI is InChI=1S/C15H21FN2O2S/c16-14-5-2-1-4-13(14)10-21(19,20)18-9-3-6-15(12-18)7-8-17-11-15/h1-2,4-5,17H,3,6-12H2/t15-/m0/s1. The first kappa shape index (κ1) is 14.9. The number of sulfonamides is 1. The van der Waals surface area contributed by atoms with Crippen molar-refractivity contribution in [2.75, 3.05) is 26.2 Å². The first-order valence-corrected chi connectivity index (χ1v) is 9.04. The minimum atomic E-state index is -3.46. The molecule has 116 valence electrons. The average Bonchev–Trinajstić information content (AvgIpc) is 2.89. The van der Waals surface area contributed by atoms with E-state index in [4.69, 9.17) is 0 Å². The highest BCUT2D eigenvalue weighted by Gasteiger charge is 2.41. The van der Waals surface area contributed by atoms with Crippen LogP contribution in [-0.2, 0) is 15.8 Å². The summed E-state index contributed by atoms with van der Waals surface area (Å²) < 4.78 is 40.4. The van der Waals surface area contributed by atoms with Crippen molar-refractivity contribution in [3.8, 4) is 0 Å². The molecule has 2 fully saturated rings. The molecule has 4 nitrogen and oxygen atoms in total. The van der Waals surface area contributed by atoms with Crippen LogP contribution in [0.2, 0.25) is 0 Å². The summed E-state index contributed by atoms with van der Waals surface area (Å²) in [5.41, 5.74) is 0.335. The van der Waals surface area contributed by atoms with Gasteiger partial charge in [-0.1, -0.05) is 18.2 Å². The van der Waals surface area contributed by atoms with E-state index in [-0.39, 0.29) is 16.7 Å². The lowest BCUT2D eigenvalue weighted by Gasteiger charge is -2.39. The van der Waals surface area contributed by atoms with Gasteiger partial charge in [-0.3, -0.25) is 0 Å². The minimum absolute atomic E-state index is 0.0839. The Labute approximate surface area is 125 Å². The third-order valence-electron chi connectivity index (χ3n) is 4.65. The third-order valence-corrected chi connectivity index (χ3v) is 6.42. The van der Waals surface area contributed by atoms with Gasteiger partial charge in [0.05, 0.1) is 5.75 Å². The lowest BCUT2D eigenvalue weighted by atomic mass is 9.80. The lowest BCUT2D eigenvalue weighted by molar-refractivity contribution is 0.166. The summed E-state index contributed by atoms with van der Waals surface area (Å²) in [6.07, 6.45) is 2.99. The maximum Gasteiger partial charge on any atom is 0.218 e. The summed E-state index contributed by atoms with van der Waals surface area (Å²) in [6, 6.07) is 6.10. The number of nitrogens with one attached hydrogen (secondary N) is 1. The summed E-state index contributed by atoms with van der Waals surface area (Å²) in [7, 11) is -3.46. The molecule has 6 heteroatoms. The SMILES string of the molecule is O=S(=O)(Cc1ccccc1F)N1CCC[C@@]2(CCNC2)C1. The van der Waals surface area contributed by atoms with Crippen molar-refractivity contribution in [1.29, 1.82) is 0 Å². The molecule has 2 saturated heterocycles. The van der Waals surface area contributed by atoms with Gasteiger partial charge < -0.3 is 5.32 Å². The maximum atomic E-state index is 13.7. The highest BCUT2D eigenvalue weighted by molar-refractivity contribution is 7.88. The normalized spacial score (nSPS) is 27.3. The van der Waals surface area contributed by atoms with Crippen LogP contribution in [0.4, 0.5) is 4.39 Å². The Hall–Kier alpha value is -0.980. The van der Waals surface area contributed by atoms with E-state index < -0.39 is 15.8 Å². The Morgan fingerprint density at radius 2 is 2.10 bits per heavy atom. The van der Waals surface area contributed by atoms with Crippen LogP contribution >= 0.6 is 0 Å². The Bertz CT molecular complexity index is 612. The van der Waals surface area contributed by atoms with Gasteiger partial charge in [0.15, 0.2) is 0 Å². The summed E-state index contributed by atoms with van der Waals surface area (Å²) in [5, 5.41) is 3.33. The first-order chi connectivity index (χ1) is 10.0. The van der Waals surface area contributed by atoms with Gasteiger partial charge in [0.2, 0.25) is 10.0 Å². The summed E-state index contributed by atoms with van der Waals surface area (Å²) in [4.78, 5) is 0. The van der Waals surface area contributed by atoms with Gasteiger partial charge in [-0.25, -0.2) is 17.1 Å². The number of piperidine rings is 1. The third kappa shape index (κ3) is 3.12. The van der Waals surface area contributed by atoms with Gasteiger partial charge in [-0.2, -0.15) is 0 Å². The molecule has 0 saturated carbocycles. The summed E-state index contributed by atoms with van der Waals surface area (Å²) in [5.74, 6) is -0.696. The van der Waals surface area contributed by atoms with Crippen molar-refractivity contribution in [3.63, 3.8) is 0 Å². The number of hydrogen-bond acceptors (Lipinski definition) is 3. The second-order valence-corrected chi connectivity index (χ2v) is 8.18. The molecule has 0 aromatic heterocycles. The molecule has 0 bridgehead atoms. The molecule has 1 spiro atoms. The van der Waals surface area contributed by atoms with Gasteiger partial charge in [-0.05, 0) is 37.3 Å². The molecule has 2 aliphatic heterocycles. The van der Waals surface area contributed by atoms with Crippen molar-refractivity contribution >= 4 is 10.0 Å². The average molecular weight is 312 g/mol. The monoisotopic (exact) mass is 312 g/mol. The molecule has 2 aliphatic rings. The predicted molar refractivity (Wildman–Crippen MR) is 79.8 cm³/mol. The Morgan fingerprint density at radius 3 is 2.81 bits per heavy atom. The minimum Gasteiger partial charge on any atom is -0.316 e. The smallest absolute Gasteiger partial charge is 0.218 e. The largest absolute Gasteiger partial charge is 0.316 e. The van der Waals surface area contributed by atoms with E-state index in [9.17, 15) is 12.8 Å². The van der Waals surface area contributed by atoms with Gasteiger partial charge >= 0.3 is 0 Å². The highest BCUT2D eigenvalue weighted by atomic mass is 32.2. The van der Waals surface area contributed by atoms with Crippen LogP contribution in [0.3, 0.4) is 0 Å². The molecule has 0 radical (unpaired) electrons. The van der Waals surface area contributed by atoms with E-state index in [1.165, 1.54) is 6.07 Å². The molecule has 2 heterocycles. The van der Waals surface area contributed by atoms with Crippen molar-refractivity contribution in [3.05, 3.63) is 35.6 Å². The van der Waals surface area contributed by atoms with Crippen LogP contribution in [0, 0.1) is 11.2 Å². The van der Waals surface area contributed by atoms with Gasteiger partial charge in [0.1, 0.15) is 5.82 Å². The van der Waals surface area contributed by atoms with Crippen molar-refractivity contribution in [2.45, 2.75) is 25.0 Å². The predicted octanol–water partition coefficient (Wildman–Crippen LogP) is 1.73. The van der Waals surface area contributed by atoms with Crippen molar-refractivity contribution < 1.29 is 12.8 Å². The van der Waals surface area contributed by atoms with Crippen LogP contribution in [0.5, 0.6) is 0 Å². The number of rotatable bonds is 3. The fraction of sp³-hybridized carbons (Fsp3) is 0.600. The van der Waals surface area contributed by atoms with Crippen LogP contribution in [0.25, 0.3) is 0 Å². The van der Waals surface area contributed by atoms with Crippen LogP contribution in [0.15, 0.2) is 24.3 Å². The molecule has 21 heavy (non-hydrogen) atoms. The topological polar surface area (TPSA) is 49.4 Å². The fourth-order valence-corrected chi connectivity index (χ4v) is 5.13. The second kappa shape index (κ2) is 5.66. The van der Waals surface area contributed by atoms with E-state index in [1.807, 2.05) is 0 Å². The lowest BCUT2D eigenvalue weighted by Crippen LogP contribution is -2.47.